The molecule has 0 aromatic heterocycles. The molecule has 2 bridgehead atoms. The monoisotopic (exact) mass is 352 g/mol. The number of benzene rings is 1. The van der Waals surface area contributed by atoms with Crippen molar-refractivity contribution in [3.05, 3.63) is 46.7 Å². The van der Waals surface area contributed by atoms with Crippen LogP contribution in [0.15, 0.2) is 41.1 Å². The van der Waals surface area contributed by atoms with Gasteiger partial charge < -0.3 is 14.8 Å². The number of methoxy groups -OCH3 is 2. The number of fused-ring (bicyclic) bond motifs is 2. The molecule has 1 spiro atoms. The first-order valence-corrected chi connectivity index (χ1v) is 9.31. The van der Waals surface area contributed by atoms with Crippen molar-refractivity contribution in [2.45, 2.75) is 31.2 Å². The molecule has 3 atom stereocenters. The van der Waals surface area contributed by atoms with E-state index in [9.17, 15) is 4.79 Å². The Balaban J connectivity index is 1.79. The predicted octanol–water partition coefficient (Wildman–Crippen LogP) is 2.84. The summed E-state index contributed by atoms with van der Waals surface area (Å²) in [7, 11) is 3.17. The molecular formula is C21H24N2O3. The van der Waals surface area contributed by atoms with Gasteiger partial charge in [-0.15, -0.1) is 0 Å². The Morgan fingerprint density at radius 1 is 1.38 bits per heavy atom. The lowest BCUT2D eigenvalue weighted by molar-refractivity contribution is -0.137. The number of ether oxygens (including phenoxy) is 2. The lowest BCUT2D eigenvalue weighted by atomic mass is 9.62. The minimum absolute atomic E-state index is 0.124. The van der Waals surface area contributed by atoms with Crippen LogP contribution in [0.4, 0.5) is 5.69 Å². The van der Waals surface area contributed by atoms with Crippen LogP contribution in [0.1, 0.15) is 25.3 Å². The molecule has 5 nitrogen and oxygen atoms in total. The molecule has 0 amide bonds. The zero-order valence-corrected chi connectivity index (χ0v) is 15.5. The number of carbonyl (C=O) groups excluding carboxylic acids is 1. The number of rotatable bonds is 2. The third-order valence-corrected chi connectivity index (χ3v) is 6.90. The van der Waals surface area contributed by atoms with E-state index >= 15 is 0 Å². The van der Waals surface area contributed by atoms with Gasteiger partial charge in [0.05, 0.1) is 25.2 Å². The molecule has 26 heavy (non-hydrogen) atoms. The van der Waals surface area contributed by atoms with Crippen LogP contribution in [-0.4, -0.2) is 44.2 Å². The Kier molecular flexibility index (Phi) is 3.29. The highest BCUT2D eigenvalue weighted by atomic mass is 16.5. The smallest absolute Gasteiger partial charge is 0.336 e. The van der Waals surface area contributed by atoms with Crippen molar-refractivity contribution < 1.29 is 14.3 Å². The van der Waals surface area contributed by atoms with Crippen molar-refractivity contribution in [3.63, 3.8) is 0 Å². The lowest BCUT2D eigenvalue weighted by Crippen LogP contribution is -2.53. The second-order valence-corrected chi connectivity index (χ2v) is 7.68. The molecule has 2 fully saturated rings. The van der Waals surface area contributed by atoms with Crippen LogP contribution in [0.5, 0.6) is 5.75 Å². The summed E-state index contributed by atoms with van der Waals surface area (Å²) >= 11 is 0. The summed E-state index contributed by atoms with van der Waals surface area (Å²) in [6, 6.07) is 6.69. The highest BCUT2D eigenvalue weighted by Gasteiger charge is 2.62. The molecule has 3 aliphatic heterocycles. The molecule has 1 aromatic carbocycles. The summed E-state index contributed by atoms with van der Waals surface area (Å²) in [6.07, 6.45) is 4.20. The lowest BCUT2D eigenvalue weighted by Gasteiger charge is -2.48. The number of anilines is 1. The van der Waals surface area contributed by atoms with Gasteiger partial charge in [-0.05, 0) is 31.4 Å². The zero-order chi connectivity index (χ0) is 18.1. The fourth-order valence-electron chi connectivity index (χ4n) is 5.77. The number of hydrogen-bond donors (Lipinski definition) is 1. The Hall–Kier alpha value is -2.27. The van der Waals surface area contributed by atoms with Gasteiger partial charge in [-0.2, -0.15) is 0 Å². The number of allylic oxidation sites excluding steroid dienone is 1. The Labute approximate surface area is 153 Å². The second-order valence-electron chi connectivity index (χ2n) is 7.68. The highest BCUT2D eigenvalue weighted by molar-refractivity contribution is 5.94. The molecule has 0 saturated carbocycles. The van der Waals surface area contributed by atoms with Gasteiger partial charge in [0.1, 0.15) is 5.75 Å². The van der Waals surface area contributed by atoms with E-state index in [1.54, 1.807) is 7.11 Å². The van der Waals surface area contributed by atoms with Gasteiger partial charge in [0.2, 0.25) is 0 Å². The number of nitrogens with zero attached hydrogens (tertiary/aromatic N) is 1. The summed E-state index contributed by atoms with van der Waals surface area (Å²) in [4.78, 5) is 15.4. The molecule has 2 saturated heterocycles. The number of esters is 1. The normalized spacial score (nSPS) is 33.0. The van der Waals surface area contributed by atoms with Gasteiger partial charge in [-0.3, -0.25) is 4.90 Å². The molecule has 5 heteroatoms. The largest absolute Gasteiger partial charge is 0.497 e. The Bertz CT molecular complexity index is 872. The fraction of sp³-hybridized carbons (Fsp3) is 0.476. The van der Waals surface area contributed by atoms with E-state index in [0.29, 0.717) is 6.04 Å². The van der Waals surface area contributed by atoms with Crippen molar-refractivity contribution in [1.82, 2.24) is 4.90 Å². The van der Waals surface area contributed by atoms with Crippen molar-refractivity contribution in [1.29, 1.82) is 0 Å². The molecule has 3 heterocycles. The maximum absolute atomic E-state index is 12.8. The topological polar surface area (TPSA) is 50.8 Å². The van der Waals surface area contributed by atoms with Crippen molar-refractivity contribution in [2.75, 3.05) is 32.6 Å². The Morgan fingerprint density at radius 3 is 2.96 bits per heavy atom. The van der Waals surface area contributed by atoms with E-state index < -0.39 is 0 Å². The zero-order valence-electron chi connectivity index (χ0n) is 15.5. The summed E-state index contributed by atoms with van der Waals surface area (Å²) in [6.45, 7) is 4.08. The molecule has 5 rings (SSSR count). The third-order valence-electron chi connectivity index (χ3n) is 6.90. The van der Waals surface area contributed by atoms with E-state index in [0.717, 1.165) is 48.6 Å². The minimum atomic E-state index is -0.199. The molecule has 3 unspecified atom stereocenters. The highest BCUT2D eigenvalue weighted by Crippen LogP contribution is 2.61. The molecule has 136 valence electrons. The number of hydrogen-bond acceptors (Lipinski definition) is 5. The maximum Gasteiger partial charge on any atom is 0.336 e. The van der Waals surface area contributed by atoms with Crippen LogP contribution in [-0.2, 0) is 14.9 Å². The van der Waals surface area contributed by atoms with Gasteiger partial charge >= 0.3 is 5.97 Å². The average molecular weight is 352 g/mol. The van der Waals surface area contributed by atoms with Crippen LogP contribution in [0, 0.1) is 5.92 Å². The van der Waals surface area contributed by atoms with E-state index in [4.69, 9.17) is 9.47 Å². The molecule has 1 N–H and O–H groups in total. The predicted molar refractivity (Wildman–Crippen MR) is 99.2 cm³/mol. The summed E-state index contributed by atoms with van der Waals surface area (Å²) in [5, 5.41) is 3.61. The van der Waals surface area contributed by atoms with Crippen LogP contribution in [0.2, 0.25) is 0 Å². The van der Waals surface area contributed by atoms with Crippen molar-refractivity contribution >= 4 is 11.7 Å². The first-order chi connectivity index (χ1) is 12.6. The fourth-order valence-corrected chi connectivity index (χ4v) is 5.77. The van der Waals surface area contributed by atoms with Gasteiger partial charge in [0.25, 0.3) is 0 Å². The van der Waals surface area contributed by atoms with Crippen LogP contribution >= 0.6 is 0 Å². The average Bonchev–Trinajstić information content (AvgIpc) is 3.22. The Morgan fingerprint density at radius 2 is 2.23 bits per heavy atom. The van der Waals surface area contributed by atoms with E-state index in [-0.39, 0.29) is 17.3 Å². The second kappa shape index (κ2) is 5.36. The molecule has 0 radical (unpaired) electrons. The van der Waals surface area contributed by atoms with Crippen LogP contribution < -0.4 is 10.1 Å². The van der Waals surface area contributed by atoms with Gasteiger partial charge in [0, 0.05) is 42.5 Å². The van der Waals surface area contributed by atoms with E-state index in [1.165, 1.54) is 18.2 Å². The van der Waals surface area contributed by atoms with Gasteiger partial charge in [-0.1, -0.05) is 17.7 Å². The number of carbonyl (C=O) groups is 1. The number of nitrogens with one attached hydrogen (secondary N) is 1. The van der Waals surface area contributed by atoms with Crippen molar-refractivity contribution in [2.24, 2.45) is 5.92 Å². The quantitative estimate of drug-likeness (QED) is 0.655. The summed E-state index contributed by atoms with van der Waals surface area (Å²) < 4.78 is 10.6. The van der Waals surface area contributed by atoms with Crippen molar-refractivity contribution in [3.8, 4) is 5.75 Å². The first-order valence-electron chi connectivity index (χ1n) is 9.31. The standard InChI is InChI=1S/C21H24N2O3/c1-4-12-11-23-8-7-21-15-6-5-13(25-2)9-16(15)22-19(21)18(20(24)26-3)14(12)10-17(21)23/h4-6,9,14,17,22H,7-8,10-11H2,1-3H3. The van der Waals surface area contributed by atoms with Crippen LogP contribution in [0.3, 0.4) is 0 Å². The third kappa shape index (κ3) is 1.77. The molecular weight excluding hydrogens is 328 g/mol. The van der Waals surface area contributed by atoms with Crippen LogP contribution in [0.25, 0.3) is 0 Å². The van der Waals surface area contributed by atoms with E-state index in [1.807, 2.05) is 12.1 Å². The molecule has 4 aliphatic rings. The minimum Gasteiger partial charge on any atom is -0.497 e. The number of piperidine rings is 1. The first kappa shape index (κ1) is 15.9. The van der Waals surface area contributed by atoms with E-state index in [2.05, 4.69) is 29.3 Å². The van der Waals surface area contributed by atoms with Gasteiger partial charge in [0.15, 0.2) is 0 Å². The maximum atomic E-state index is 12.8. The summed E-state index contributed by atoms with van der Waals surface area (Å²) in [5.74, 6) is 0.784. The molecule has 1 aromatic rings. The SMILES string of the molecule is CC=C1CN2CCC34C(=C(C(=O)OC)C1CC23)Nc1cc(OC)ccc14. The van der Waals surface area contributed by atoms with Gasteiger partial charge in [-0.25, -0.2) is 4.79 Å². The summed E-state index contributed by atoms with van der Waals surface area (Å²) in [5.41, 5.74) is 5.46. The molecule has 1 aliphatic carbocycles.